The second-order valence-electron chi connectivity index (χ2n) is 2.02. The zero-order valence-corrected chi connectivity index (χ0v) is 7.21. The van der Waals surface area contributed by atoms with Crippen LogP contribution in [0, 0.1) is 0 Å². The van der Waals surface area contributed by atoms with Crippen molar-refractivity contribution in [3.8, 4) is 0 Å². The van der Waals surface area contributed by atoms with Gasteiger partial charge in [0.05, 0.1) is 5.75 Å². The van der Waals surface area contributed by atoms with Crippen LogP contribution in [0.3, 0.4) is 0 Å². The Kier molecular flexibility index (Phi) is 4.03. The van der Waals surface area contributed by atoms with Gasteiger partial charge in [0.15, 0.2) is 0 Å². The van der Waals surface area contributed by atoms with Crippen molar-refractivity contribution in [3.05, 3.63) is 0 Å². The second kappa shape index (κ2) is 4.12. The highest BCUT2D eigenvalue weighted by Gasteiger charge is 2.28. The monoisotopic (exact) mass is 201 g/mol. The maximum atomic E-state index is 10.7. The third-order valence-electron chi connectivity index (χ3n) is 0.841. The summed E-state index contributed by atoms with van der Waals surface area (Å²) in [5.41, 5.74) is 0. The highest BCUT2D eigenvalue weighted by atomic mass is 32.2. The molecule has 0 aromatic heterocycles. The highest BCUT2D eigenvalue weighted by molar-refractivity contribution is 7.86. The lowest BCUT2D eigenvalue weighted by molar-refractivity contribution is -0.418. The molecule has 0 saturated carbocycles. The highest BCUT2D eigenvalue weighted by Crippen LogP contribution is 2.02. The standard InChI is InChI=1S/C4H11NO6S/c1-5-2-3-12(9,10)11-4(6,7)8/h5-8H,2-3H2,1H3. The molecule has 0 atom stereocenters. The molecule has 0 saturated heterocycles. The first-order valence-electron chi connectivity index (χ1n) is 3.02. The third kappa shape index (κ3) is 6.46. The van der Waals surface area contributed by atoms with E-state index in [0.29, 0.717) is 0 Å². The van der Waals surface area contributed by atoms with Crippen LogP contribution in [-0.2, 0) is 14.3 Å². The van der Waals surface area contributed by atoms with Gasteiger partial charge in [-0.3, -0.25) is 0 Å². The first-order valence-corrected chi connectivity index (χ1v) is 4.59. The SMILES string of the molecule is CNCCS(=O)(=O)OC(O)(O)O. The number of hydrogen-bond donors (Lipinski definition) is 4. The van der Waals surface area contributed by atoms with Crippen LogP contribution in [0.5, 0.6) is 0 Å². The Morgan fingerprint density at radius 3 is 2.25 bits per heavy atom. The van der Waals surface area contributed by atoms with E-state index in [0.717, 1.165) is 0 Å². The van der Waals surface area contributed by atoms with Gasteiger partial charge in [-0.15, -0.1) is 0 Å². The molecule has 12 heavy (non-hydrogen) atoms. The van der Waals surface area contributed by atoms with Gasteiger partial charge in [-0.1, -0.05) is 0 Å². The van der Waals surface area contributed by atoms with Crippen LogP contribution in [0.1, 0.15) is 0 Å². The van der Waals surface area contributed by atoms with E-state index in [1.807, 2.05) is 0 Å². The lowest BCUT2D eigenvalue weighted by atomic mass is 10.8. The van der Waals surface area contributed by atoms with Crippen LogP contribution < -0.4 is 5.32 Å². The molecule has 0 radical (unpaired) electrons. The lowest BCUT2D eigenvalue weighted by Crippen LogP contribution is -2.36. The topological polar surface area (TPSA) is 116 Å². The minimum atomic E-state index is -4.11. The molecule has 0 aliphatic heterocycles. The van der Waals surface area contributed by atoms with E-state index in [1.165, 1.54) is 7.05 Å². The lowest BCUT2D eigenvalue weighted by Gasteiger charge is -2.13. The molecular weight excluding hydrogens is 190 g/mol. The van der Waals surface area contributed by atoms with E-state index in [4.69, 9.17) is 15.3 Å². The maximum Gasteiger partial charge on any atom is 0.419 e. The van der Waals surface area contributed by atoms with Gasteiger partial charge >= 0.3 is 6.16 Å². The molecule has 0 fully saturated rings. The van der Waals surface area contributed by atoms with Crippen molar-refractivity contribution in [2.24, 2.45) is 0 Å². The molecule has 0 rings (SSSR count). The normalized spacial score (nSPS) is 13.3. The Hall–Kier alpha value is -0.250. The second-order valence-corrected chi connectivity index (χ2v) is 3.71. The molecule has 0 amide bonds. The molecule has 0 aromatic rings. The van der Waals surface area contributed by atoms with Gasteiger partial charge in [-0.05, 0) is 7.05 Å². The molecule has 0 heterocycles. The summed E-state index contributed by atoms with van der Waals surface area (Å²) >= 11 is 0. The maximum absolute atomic E-state index is 10.7. The molecule has 0 bridgehead atoms. The summed E-state index contributed by atoms with van der Waals surface area (Å²) in [5.74, 6) is -0.465. The van der Waals surface area contributed by atoms with Crippen molar-refractivity contribution in [1.82, 2.24) is 5.32 Å². The average molecular weight is 201 g/mol. The van der Waals surface area contributed by atoms with Crippen molar-refractivity contribution in [2.75, 3.05) is 19.3 Å². The van der Waals surface area contributed by atoms with E-state index in [2.05, 4.69) is 9.50 Å². The number of hydrogen-bond acceptors (Lipinski definition) is 7. The minimum absolute atomic E-state index is 0.0818. The van der Waals surface area contributed by atoms with Gasteiger partial charge in [-0.25, -0.2) is 0 Å². The van der Waals surface area contributed by atoms with Crippen LogP contribution in [0.2, 0.25) is 0 Å². The van der Waals surface area contributed by atoms with E-state index in [-0.39, 0.29) is 6.54 Å². The van der Waals surface area contributed by atoms with Crippen LogP contribution in [0.15, 0.2) is 0 Å². The molecule has 0 unspecified atom stereocenters. The van der Waals surface area contributed by atoms with Crippen molar-refractivity contribution < 1.29 is 27.9 Å². The van der Waals surface area contributed by atoms with Crippen molar-refractivity contribution in [3.63, 3.8) is 0 Å². The predicted octanol–water partition coefficient (Wildman–Crippen LogP) is -2.86. The van der Waals surface area contributed by atoms with Gasteiger partial charge in [-0.2, -0.15) is 12.6 Å². The summed E-state index contributed by atoms with van der Waals surface area (Å²) in [4.78, 5) is 0. The Bertz CT molecular complexity index is 216. The van der Waals surface area contributed by atoms with E-state index < -0.39 is 22.0 Å². The third-order valence-corrected chi connectivity index (χ3v) is 2.02. The van der Waals surface area contributed by atoms with E-state index in [9.17, 15) is 8.42 Å². The van der Waals surface area contributed by atoms with Crippen molar-refractivity contribution in [2.45, 2.75) is 6.16 Å². The average Bonchev–Trinajstić information content (AvgIpc) is 1.78. The van der Waals surface area contributed by atoms with Gasteiger partial charge in [0.1, 0.15) is 0 Å². The summed E-state index contributed by atoms with van der Waals surface area (Å²) in [6, 6.07) is 0. The van der Waals surface area contributed by atoms with Crippen LogP contribution in [0.25, 0.3) is 0 Å². The first kappa shape index (κ1) is 11.8. The van der Waals surface area contributed by atoms with Gasteiger partial charge in [0, 0.05) is 6.54 Å². The van der Waals surface area contributed by atoms with Crippen molar-refractivity contribution in [1.29, 1.82) is 0 Å². The molecule has 0 aliphatic carbocycles. The summed E-state index contributed by atoms with van der Waals surface area (Å²) in [7, 11) is -2.60. The quantitative estimate of drug-likeness (QED) is 0.279. The molecule has 0 aromatic carbocycles. The zero-order chi connectivity index (χ0) is 9.83. The Morgan fingerprint density at radius 1 is 1.42 bits per heavy atom. The Labute approximate surface area is 69.7 Å². The Morgan fingerprint density at radius 2 is 1.92 bits per heavy atom. The summed E-state index contributed by atoms with van der Waals surface area (Å²) in [6.07, 6.45) is -3.63. The fourth-order valence-electron chi connectivity index (χ4n) is 0.439. The molecule has 0 aliphatic rings. The Balaban J connectivity index is 4.06. The van der Waals surface area contributed by atoms with Gasteiger partial charge < -0.3 is 20.6 Å². The minimum Gasteiger partial charge on any atom is -0.319 e. The smallest absolute Gasteiger partial charge is 0.319 e. The van der Waals surface area contributed by atoms with Crippen LogP contribution >= 0.6 is 0 Å². The fourth-order valence-corrected chi connectivity index (χ4v) is 1.32. The van der Waals surface area contributed by atoms with E-state index in [1.54, 1.807) is 0 Å². The summed E-state index contributed by atoms with van der Waals surface area (Å²) < 4.78 is 24.9. The van der Waals surface area contributed by atoms with Crippen LogP contribution in [0.4, 0.5) is 0 Å². The molecule has 74 valence electrons. The van der Waals surface area contributed by atoms with Gasteiger partial charge in [0.2, 0.25) is 0 Å². The number of aliphatic hydroxyl groups is 3. The molecule has 4 N–H and O–H groups in total. The number of nitrogens with one attached hydrogen (secondary N) is 1. The number of rotatable bonds is 5. The molecule has 0 spiro atoms. The first-order chi connectivity index (χ1) is 5.27. The van der Waals surface area contributed by atoms with Crippen molar-refractivity contribution >= 4 is 10.1 Å². The summed E-state index contributed by atoms with van der Waals surface area (Å²) in [6.45, 7) is 0.0818. The fraction of sp³-hybridized carbons (Fsp3) is 1.00. The molecule has 7 nitrogen and oxygen atoms in total. The van der Waals surface area contributed by atoms with Gasteiger partial charge in [0.25, 0.3) is 10.1 Å². The molecular formula is C4H11NO6S. The van der Waals surface area contributed by atoms with Crippen LogP contribution in [-0.4, -0.2) is 49.2 Å². The zero-order valence-electron chi connectivity index (χ0n) is 6.39. The summed E-state index contributed by atoms with van der Waals surface area (Å²) in [5, 5.41) is 26.9. The van der Waals surface area contributed by atoms with E-state index >= 15 is 0 Å². The largest absolute Gasteiger partial charge is 0.419 e. The predicted molar refractivity (Wildman–Crippen MR) is 38.2 cm³/mol. The molecule has 8 heteroatoms.